The van der Waals surface area contributed by atoms with Crippen molar-refractivity contribution in [2.45, 2.75) is 61.4 Å². The first-order valence-electron chi connectivity index (χ1n) is 5.74. The molecule has 1 heterocycles. The normalized spacial score (nSPS) is 29.6. The number of rotatable bonds is 3. The Balaban J connectivity index is 2.51. The van der Waals surface area contributed by atoms with Crippen LogP contribution in [0, 0.1) is 0 Å². The Bertz CT molecular complexity index is 316. The molecule has 1 aliphatic rings. The van der Waals surface area contributed by atoms with Gasteiger partial charge in [-0.3, -0.25) is 4.79 Å². The molecule has 4 atom stereocenters. The Hall–Kier alpha value is 0.310. The predicted molar refractivity (Wildman–Crippen MR) is 77.4 cm³/mol. The first-order chi connectivity index (χ1) is 7.71. The zero-order valence-corrected chi connectivity index (χ0v) is 13.6. The van der Waals surface area contributed by atoms with Gasteiger partial charge in [-0.05, 0) is 40.5 Å². The second-order valence-corrected chi connectivity index (χ2v) is 8.81. The number of nitrogens with one attached hydrogen (secondary N) is 1. The highest BCUT2D eigenvalue weighted by molar-refractivity contribution is 14.1. The molecule has 1 saturated heterocycles. The second-order valence-electron chi connectivity index (χ2n) is 5.31. The summed E-state index contributed by atoms with van der Waals surface area (Å²) in [6, 6.07) is -0.0806. The third-order valence-electron chi connectivity index (χ3n) is 2.63. The minimum Gasteiger partial charge on any atom is -0.460 e. The minimum atomic E-state index is -1.13. The largest absolute Gasteiger partial charge is 0.460 e. The molecule has 17 heavy (non-hydrogen) atoms. The third-order valence-corrected chi connectivity index (χ3v) is 5.46. The number of esters is 1. The smallest absolute Gasteiger partial charge is 0.319 e. The van der Waals surface area contributed by atoms with Gasteiger partial charge in [0.25, 0.3) is 0 Å². The first-order valence-corrected chi connectivity index (χ1v) is 8.14. The Labute approximate surface area is 119 Å². The van der Waals surface area contributed by atoms with Crippen LogP contribution in [0.5, 0.6) is 0 Å². The fraction of sp³-hybridized carbons (Fsp3) is 0.909. The highest BCUT2D eigenvalue weighted by atomic mass is 127. The van der Waals surface area contributed by atoms with Crippen LogP contribution in [0.2, 0.25) is 0 Å². The molecule has 0 aromatic rings. The van der Waals surface area contributed by atoms with Crippen LogP contribution < -0.4 is 4.72 Å². The van der Waals surface area contributed by atoms with E-state index < -0.39 is 11.0 Å². The summed E-state index contributed by atoms with van der Waals surface area (Å²) in [6.45, 7) is 7.65. The van der Waals surface area contributed by atoms with Gasteiger partial charge in [0.15, 0.2) is 0 Å². The van der Waals surface area contributed by atoms with Gasteiger partial charge in [0.2, 0.25) is 0 Å². The summed E-state index contributed by atoms with van der Waals surface area (Å²) in [4.78, 5) is 11.5. The maximum absolute atomic E-state index is 11.9. The summed E-state index contributed by atoms with van der Waals surface area (Å²) in [5.41, 5.74) is 0. The van der Waals surface area contributed by atoms with E-state index in [1.807, 2.05) is 27.7 Å². The van der Waals surface area contributed by atoms with E-state index in [9.17, 15) is 9.00 Å². The third kappa shape index (κ3) is 4.48. The van der Waals surface area contributed by atoms with E-state index in [0.29, 0.717) is 0 Å². The molecule has 1 N–H and O–H groups in total. The SMILES string of the molecule is C[C@@H](NS(=O)C(C)(C)C)[C@@H]1CCC(I)C(=O)O1. The van der Waals surface area contributed by atoms with E-state index >= 15 is 0 Å². The van der Waals surface area contributed by atoms with E-state index in [1.165, 1.54) is 0 Å². The lowest BCUT2D eigenvalue weighted by molar-refractivity contribution is -0.153. The van der Waals surface area contributed by atoms with Crippen LogP contribution in [0.1, 0.15) is 40.5 Å². The standard InChI is InChI=1S/C11H20INO3S/c1-7(13-17(15)11(2,3)4)9-6-5-8(12)10(14)16-9/h7-9,13H,5-6H2,1-4H3/t7-,8?,9+,17?/m1/s1. The highest BCUT2D eigenvalue weighted by Crippen LogP contribution is 2.23. The highest BCUT2D eigenvalue weighted by Gasteiger charge is 2.33. The summed E-state index contributed by atoms with van der Waals surface area (Å²) in [5, 5.41) is 0. The van der Waals surface area contributed by atoms with Crippen LogP contribution in [-0.4, -0.2) is 31.0 Å². The molecule has 4 nitrogen and oxygen atoms in total. The average molecular weight is 373 g/mol. The van der Waals surface area contributed by atoms with E-state index in [2.05, 4.69) is 27.3 Å². The molecule has 0 saturated carbocycles. The van der Waals surface area contributed by atoms with Crippen molar-refractivity contribution in [3.8, 4) is 0 Å². The molecule has 0 aliphatic carbocycles. The molecular formula is C11H20INO3S. The van der Waals surface area contributed by atoms with E-state index in [4.69, 9.17) is 4.74 Å². The van der Waals surface area contributed by atoms with Gasteiger partial charge in [-0.15, -0.1) is 0 Å². The van der Waals surface area contributed by atoms with Gasteiger partial charge >= 0.3 is 5.97 Å². The van der Waals surface area contributed by atoms with Gasteiger partial charge in [-0.25, -0.2) is 8.93 Å². The number of hydrogen-bond donors (Lipinski definition) is 1. The lowest BCUT2D eigenvalue weighted by atomic mass is 10.0. The van der Waals surface area contributed by atoms with E-state index in [0.717, 1.165) is 12.8 Å². The molecule has 2 unspecified atom stereocenters. The van der Waals surface area contributed by atoms with Crippen LogP contribution in [0.15, 0.2) is 0 Å². The minimum absolute atomic E-state index is 0.0378. The first kappa shape index (κ1) is 15.4. The number of ether oxygens (including phenoxy) is 1. The summed E-state index contributed by atoms with van der Waals surface area (Å²) >= 11 is 2.10. The van der Waals surface area contributed by atoms with Crippen molar-refractivity contribution in [2.75, 3.05) is 0 Å². The molecule has 0 aromatic heterocycles. The summed E-state index contributed by atoms with van der Waals surface area (Å²) in [6.07, 6.45) is 1.49. The quantitative estimate of drug-likeness (QED) is 0.467. The lowest BCUT2D eigenvalue weighted by Crippen LogP contribution is -2.48. The van der Waals surface area contributed by atoms with E-state index in [1.54, 1.807) is 0 Å². The summed E-state index contributed by atoms with van der Waals surface area (Å²) < 4.78 is 19.9. The summed E-state index contributed by atoms with van der Waals surface area (Å²) in [5.74, 6) is -0.156. The molecule has 1 aliphatic heterocycles. The van der Waals surface area contributed by atoms with Crippen molar-refractivity contribution in [2.24, 2.45) is 0 Å². The Morgan fingerprint density at radius 2 is 2.06 bits per heavy atom. The van der Waals surface area contributed by atoms with Crippen LogP contribution in [0.4, 0.5) is 0 Å². The predicted octanol–water partition coefficient (Wildman–Crippen LogP) is 1.94. The second kappa shape index (κ2) is 5.97. The van der Waals surface area contributed by atoms with Crippen molar-refractivity contribution >= 4 is 39.5 Å². The van der Waals surface area contributed by atoms with Gasteiger partial charge < -0.3 is 4.74 Å². The van der Waals surface area contributed by atoms with Crippen molar-refractivity contribution in [1.29, 1.82) is 0 Å². The number of halogens is 1. The van der Waals surface area contributed by atoms with Crippen molar-refractivity contribution < 1.29 is 13.7 Å². The van der Waals surface area contributed by atoms with E-state index in [-0.39, 0.29) is 26.8 Å². The van der Waals surface area contributed by atoms with Gasteiger partial charge in [-0.2, -0.15) is 0 Å². The Morgan fingerprint density at radius 1 is 1.47 bits per heavy atom. The fourth-order valence-electron chi connectivity index (χ4n) is 1.48. The molecule has 0 aromatic carbocycles. The summed E-state index contributed by atoms with van der Waals surface area (Å²) in [7, 11) is -1.13. The van der Waals surface area contributed by atoms with Gasteiger partial charge in [0.05, 0.1) is 21.8 Å². The molecule has 0 bridgehead atoms. The van der Waals surface area contributed by atoms with Crippen LogP contribution in [-0.2, 0) is 20.5 Å². The Kier molecular flexibility index (Phi) is 5.39. The number of carbonyl (C=O) groups is 1. The molecular weight excluding hydrogens is 353 g/mol. The fourth-order valence-corrected chi connectivity index (χ4v) is 2.83. The van der Waals surface area contributed by atoms with Crippen LogP contribution >= 0.6 is 22.6 Å². The topological polar surface area (TPSA) is 55.4 Å². The molecule has 6 heteroatoms. The molecule has 0 amide bonds. The monoisotopic (exact) mass is 373 g/mol. The maximum atomic E-state index is 11.9. The van der Waals surface area contributed by atoms with Gasteiger partial charge in [0.1, 0.15) is 10.0 Å². The molecule has 100 valence electrons. The van der Waals surface area contributed by atoms with Gasteiger partial charge in [-0.1, -0.05) is 22.6 Å². The molecule has 0 spiro atoms. The number of cyclic esters (lactones) is 1. The maximum Gasteiger partial charge on any atom is 0.319 e. The molecule has 0 radical (unpaired) electrons. The average Bonchev–Trinajstić information content (AvgIpc) is 2.20. The lowest BCUT2D eigenvalue weighted by Gasteiger charge is -2.31. The number of hydrogen-bond acceptors (Lipinski definition) is 3. The van der Waals surface area contributed by atoms with Gasteiger partial charge in [0, 0.05) is 0 Å². The zero-order valence-electron chi connectivity index (χ0n) is 10.7. The number of carbonyl (C=O) groups excluding carboxylic acids is 1. The number of alkyl halides is 1. The molecule has 1 fully saturated rings. The van der Waals surface area contributed by atoms with Crippen molar-refractivity contribution in [1.82, 2.24) is 4.72 Å². The van der Waals surface area contributed by atoms with Crippen molar-refractivity contribution in [3.05, 3.63) is 0 Å². The zero-order chi connectivity index (χ0) is 13.2. The van der Waals surface area contributed by atoms with Crippen LogP contribution in [0.3, 0.4) is 0 Å². The van der Waals surface area contributed by atoms with Crippen molar-refractivity contribution in [3.63, 3.8) is 0 Å². The molecule has 1 rings (SSSR count). The van der Waals surface area contributed by atoms with Crippen LogP contribution in [0.25, 0.3) is 0 Å². The Morgan fingerprint density at radius 3 is 2.53 bits per heavy atom.